The summed E-state index contributed by atoms with van der Waals surface area (Å²) in [6, 6.07) is 0. The van der Waals surface area contributed by atoms with Crippen LogP contribution in [0.4, 0.5) is 0 Å². The summed E-state index contributed by atoms with van der Waals surface area (Å²) < 4.78 is 6.85. The average molecular weight is 246 g/mol. The highest BCUT2D eigenvalue weighted by molar-refractivity contribution is 6.31. The fourth-order valence-electron chi connectivity index (χ4n) is 1.43. The molecule has 0 aromatic carbocycles. The molecular formula is C11H20ClN3O. The van der Waals surface area contributed by atoms with Crippen LogP contribution in [0.5, 0.6) is 0 Å². The Morgan fingerprint density at radius 3 is 2.88 bits per heavy atom. The van der Waals surface area contributed by atoms with Crippen molar-refractivity contribution < 1.29 is 4.74 Å². The minimum atomic E-state index is 0.748. The first kappa shape index (κ1) is 13.5. The second-order valence-electron chi connectivity index (χ2n) is 3.78. The number of nitrogens with zero attached hydrogens (tertiary/aromatic N) is 2. The van der Waals surface area contributed by atoms with Crippen LogP contribution < -0.4 is 5.32 Å². The van der Waals surface area contributed by atoms with Crippen molar-refractivity contribution in [1.82, 2.24) is 15.1 Å². The van der Waals surface area contributed by atoms with Gasteiger partial charge in [0.05, 0.1) is 17.3 Å². The lowest BCUT2D eigenvalue weighted by atomic mass is 10.3. The summed E-state index contributed by atoms with van der Waals surface area (Å²) in [4.78, 5) is 0. The number of methoxy groups -OCH3 is 1. The minimum Gasteiger partial charge on any atom is -0.383 e. The van der Waals surface area contributed by atoms with Gasteiger partial charge in [0.2, 0.25) is 0 Å². The SMILES string of the molecule is COCCNCCCCn1cc(Cl)c(C)n1. The number of unbranched alkanes of at least 4 members (excludes halogenated alkanes) is 1. The first-order valence-electron chi connectivity index (χ1n) is 5.63. The number of halogens is 1. The number of aryl methyl sites for hydroxylation is 2. The lowest BCUT2D eigenvalue weighted by Gasteiger charge is -2.04. The summed E-state index contributed by atoms with van der Waals surface area (Å²) in [5.74, 6) is 0. The number of rotatable bonds is 8. The lowest BCUT2D eigenvalue weighted by Crippen LogP contribution is -2.20. The fourth-order valence-corrected chi connectivity index (χ4v) is 1.58. The Balaban J connectivity index is 2.03. The van der Waals surface area contributed by atoms with E-state index in [1.54, 1.807) is 7.11 Å². The summed E-state index contributed by atoms with van der Waals surface area (Å²) in [6.45, 7) is 5.57. The third kappa shape index (κ3) is 4.96. The number of aromatic nitrogens is 2. The minimum absolute atomic E-state index is 0.748. The van der Waals surface area contributed by atoms with Gasteiger partial charge in [-0.3, -0.25) is 4.68 Å². The molecule has 1 aromatic heterocycles. The predicted octanol–water partition coefficient (Wildman–Crippen LogP) is 1.86. The molecule has 1 rings (SSSR count). The standard InChI is InChI=1S/C11H20ClN3O/c1-10-11(12)9-15(14-10)7-4-3-5-13-6-8-16-2/h9,13H,3-8H2,1-2H3. The highest BCUT2D eigenvalue weighted by Crippen LogP contribution is 2.12. The zero-order valence-corrected chi connectivity index (χ0v) is 10.8. The van der Waals surface area contributed by atoms with Gasteiger partial charge in [-0.1, -0.05) is 11.6 Å². The molecule has 0 aliphatic rings. The molecule has 1 heterocycles. The molecule has 0 unspecified atom stereocenters. The van der Waals surface area contributed by atoms with Crippen LogP contribution in [0.25, 0.3) is 0 Å². The van der Waals surface area contributed by atoms with Crippen LogP contribution in [-0.2, 0) is 11.3 Å². The highest BCUT2D eigenvalue weighted by Gasteiger charge is 2.00. The lowest BCUT2D eigenvalue weighted by molar-refractivity contribution is 0.199. The second kappa shape index (κ2) is 7.65. The Bertz CT molecular complexity index is 282. The highest BCUT2D eigenvalue weighted by atomic mass is 35.5. The maximum Gasteiger partial charge on any atom is 0.0814 e. The van der Waals surface area contributed by atoms with Crippen molar-refractivity contribution in [3.05, 3.63) is 16.9 Å². The molecule has 0 saturated carbocycles. The second-order valence-corrected chi connectivity index (χ2v) is 4.18. The Morgan fingerprint density at radius 1 is 1.44 bits per heavy atom. The van der Waals surface area contributed by atoms with E-state index in [0.717, 1.165) is 49.8 Å². The van der Waals surface area contributed by atoms with Crippen LogP contribution in [0.15, 0.2) is 6.20 Å². The van der Waals surface area contributed by atoms with Gasteiger partial charge in [-0.15, -0.1) is 0 Å². The van der Waals surface area contributed by atoms with Crippen molar-refractivity contribution >= 4 is 11.6 Å². The number of hydrogen-bond donors (Lipinski definition) is 1. The van der Waals surface area contributed by atoms with E-state index in [4.69, 9.17) is 16.3 Å². The molecule has 4 nitrogen and oxygen atoms in total. The maximum absolute atomic E-state index is 5.92. The molecule has 0 atom stereocenters. The monoisotopic (exact) mass is 245 g/mol. The van der Waals surface area contributed by atoms with E-state index in [1.807, 2.05) is 17.8 Å². The Morgan fingerprint density at radius 2 is 2.25 bits per heavy atom. The molecule has 92 valence electrons. The zero-order valence-electron chi connectivity index (χ0n) is 10.0. The molecule has 0 radical (unpaired) electrons. The molecule has 5 heteroatoms. The first-order chi connectivity index (χ1) is 7.74. The summed E-state index contributed by atoms with van der Waals surface area (Å²) >= 11 is 5.92. The van der Waals surface area contributed by atoms with Crippen LogP contribution in [0.3, 0.4) is 0 Å². The van der Waals surface area contributed by atoms with Gasteiger partial charge in [0.1, 0.15) is 0 Å². The number of hydrogen-bond acceptors (Lipinski definition) is 3. The van der Waals surface area contributed by atoms with E-state index in [2.05, 4.69) is 10.4 Å². The van der Waals surface area contributed by atoms with Gasteiger partial charge in [-0.05, 0) is 26.3 Å². The van der Waals surface area contributed by atoms with Crippen LogP contribution in [0.1, 0.15) is 18.5 Å². The number of nitrogens with one attached hydrogen (secondary N) is 1. The molecule has 16 heavy (non-hydrogen) atoms. The summed E-state index contributed by atoms with van der Waals surface area (Å²) in [7, 11) is 1.71. The zero-order chi connectivity index (χ0) is 11.8. The van der Waals surface area contributed by atoms with Crippen LogP contribution >= 0.6 is 11.6 Å². The molecule has 0 fully saturated rings. The molecule has 0 aliphatic heterocycles. The van der Waals surface area contributed by atoms with E-state index in [9.17, 15) is 0 Å². The Kier molecular flexibility index (Phi) is 6.45. The van der Waals surface area contributed by atoms with E-state index >= 15 is 0 Å². The van der Waals surface area contributed by atoms with Crippen molar-refractivity contribution in [3.8, 4) is 0 Å². The topological polar surface area (TPSA) is 39.1 Å². The molecule has 0 bridgehead atoms. The van der Waals surface area contributed by atoms with Gasteiger partial charge in [0.15, 0.2) is 0 Å². The van der Waals surface area contributed by atoms with Gasteiger partial charge >= 0.3 is 0 Å². The summed E-state index contributed by atoms with van der Waals surface area (Å²) in [6.07, 6.45) is 4.13. The fraction of sp³-hybridized carbons (Fsp3) is 0.727. The molecular weight excluding hydrogens is 226 g/mol. The smallest absolute Gasteiger partial charge is 0.0814 e. The molecule has 0 spiro atoms. The van der Waals surface area contributed by atoms with Gasteiger partial charge in [0, 0.05) is 26.4 Å². The molecule has 1 aromatic rings. The first-order valence-corrected chi connectivity index (χ1v) is 6.01. The Labute approximate surface area is 102 Å². The molecule has 0 aliphatic carbocycles. The largest absolute Gasteiger partial charge is 0.383 e. The maximum atomic E-state index is 5.92. The van der Waals surface area contributed by atoms with Crippen molar-refractivity contribution in [3.63, 3.8) is 0 Å². The molecule has 0 saturated heterocycles. The van der Waals surface area contributed by atoms with Crippen LogP contribution in [0.2, 0.25) is 5.02 Å². The quantitative estimate of drug-likeness (QED) is 0.711. The Hall–Kier alpha value is -0.580. The van der Waals surface area contributed by atoms with Gasteiger partial charge < -0.3 is 10.1 Å². The third-order valence-corrected chi connectivity index (χ3v) is 2.73. The van der Waals surface area contributed by atoms with Crippen molar-refractivity contribution in [2.75, 3.05) is 26.8 Å². The predicted molar refractivity (Wildman–Crippen MR) is 66.0 cm³/mol. The van der Waals surface area contributed by atoms with E-state index in [-0.39, 0.29) is 0 Å². The summed E-state index contributed by atoms with van der Waals surface area (Å²) in [5.41, 5.74) is 0.903. The molecule has 0 amide bonds. The van der Waals surface area contributed by atoms with Crippen molar-refractivity contribution in [1.29, 1.82) is 0 Å². The third-order valence-electron chi connectivity index (χ3n) is 2.36. The van der Waals surface area contributed by atoms with E-state index in [1.165, 1.54) is 0 Å². The van der Waals surface area contributed by atoms with Crippen LogP contribution in [0, 0.1) is 6.92 Å². The van der Waals surface area contributed by atoms with E-state index < -0.39 is 0 Å². The van der Waals surface area contributed by atoms with Gasteiger partial charge in [-0.25, -0.2) is 0 Å². The van der Waals surface area contributed by atoms with E-state index in [0.29, 0.717) is 0 Å². The van der Waals surface area contributed by atoms with Gasteiger partial charge in [0.25, 0.3) is 0 Å². The number of ether oxygens (including phenoxy) is 1. The van der Waals surface area contributed by atoms with Crippen molar-refractivity contribution in [2.24, 2.45) is 0 Å². The van der Waals surface area contributed by atoms with Crippen LogP contribution in [-0.4, -0.2) is 36.6 Å². The van der Waals surface area contributed by atoms with Crippen molar-refractivity contribution in [2.45, 2.75) is 26.3 Å². The molecule has 1 N–H and O–H groups in total. The summed E-state index contributed by atoms with van der Waals surface area (Å²) in [5, 5.41) is 8.36. The normalized spacial score (nSPS) is 10.9. The average Bonchev–Trinajstić information content (AvgIpc) is 2.57. The van der Waals surface area contributed by atoms with Gasteiger partial charge in [-0.2, -0.15) is 5.10 Å².